The zero-order valence-corrected chi connectivity index (χ0v) is 16.0. The molecule has 1 rings (SSSR count). The van der Waals surface area contributed by atoms with E-state index in [-0.39, 0.29) is 31.1 Å². The third-order valence-electron chi connectivity index (χ3n) is 3.87. The van der Waals surface area contributed by atoms with Crippen LogP contribution in [0.15, 0.2) is 24.3 Å². The van der Waals surface area contributed by atoms with Gasteiger partial charge in [0.25, 0.3) is 0 Å². The molecule has 26 heavy (non-hydrogen) atoms. The van der Waals surface area contributed by atoms with Crippen LogP contribution in [-0.2, 0) is 25.6 Å². The van der Waals surface area contributed by atoms with Crippen LogP contribution in [0.4, 0.5) is 5.69 Å². The van der Waals surface area contributed by atoms with Gasteiger partial charge in [-0.1, -0.05) is 26.0 Å². The number of rotatable bonds is 12. The monoisotopic (exact) mass is 361 g/mol. The highest BCUT2D eigenvalue weighted by Crippen LogP contribution is 2.13. The largest absolute Gasteiger partial charge is 0.326 e. The molecule has 1 N–H and O–H groups in total. The third-order valence-corrected chi connectivity index (χ3v) is 3.87. The molecule has 0 aliphatic rings. The van der Waals surface area contributed by atoms with Crippen LogP contribution in [0.1, 0.15) is 66.3 Å². The number of carbonyl (C=O) groups excluding carboxylic acids is 4. The van der Waals surface area contributed by atoms with E-state index in [1.54, 1.807) is 12.1 Å². The molecule has 0 saturated heterocycles. The van der Waals surface area contributed by atoms with Gasteiger partial charge in [0.1, 0.15) is 17.3 Å². The minimum atomic E-state index is -0.112. The lowest BCUT2D eigenvalue weighted by atomic mass is 10.0. The predicted molar refractivity (Wildman–Crippen MR) is 104 cm³/mol. The Morgan fingerprint density at radius 1 is 0.962 bits per heavy atom. The summed E-state index contributed by atoms with van der Waals surface area (Å²) >= 11 is 0. The quantitative estimate of drug-likeness (QED) is 0.567. The van der Waals surface area contributed by atoms with Crippen LogP contribution < -0.4 is 5.32 Å². The lowest BCUT2D eigenvalue weighted by molar-refractivity contribution is -0.126. The summed E-state index contributed by atoms with van der Waals surface area (Å²) in [6, 6.07) is 7.32. The van der Waals surface area contributed by atoms with E-state index >= 15 is 0 Å². The summed E-state index contributed by atoms with van der Waals surface area (Å²) in [5, 5.41) is 2.81. The molecule has 0 heterocycles. The lowest BCUT2D eigenvalue weighted by Crippen LogP contribution is -2.12. The van der Waals surface area contributed by atoms with Crippen molar-refractivity contribution in [1.82, 2.24) is 0 Å². The maximum Gasteiger partial charge on any atom is 0.224 e. The van der Waals surface area contributed by atoms with Crippen molar-refractivity contribution in [2.24, 2.45) is 5.92 Å². The van der Waals surface area contributed by atoms with Crippen LogP contribution in [0, 0.1) is 5.92 Å². The summed E-state index contributed by atoms with van der Waals surface area (Å²) in [5.41, 5.74) is 1.68. The molecule has 0 unspecified atom stereocenters. The summed E-state index contributed by atoms with van der Waals surface area (Å²) in [6.07, 6.45) is 2.82. The van der Waals surface area contributed by atoms with E-state index in [9.17, 15) is 19.2 Å². The number of carbonyl (C=O) groups is 4. The molecule has 0 fully saturated rings. The molecule has 0 atom stereocenters. The van der Waals surface area contributed by atoms with Crippen molar-refractivity contribution in [3.8, 4) is 0 Å². The van der Waals surface area contributed by atoms with Gasteiger partial charge in [0.15, 0.2) is 0 Å². The molecule has 144 valence electrons. The van der Waals surface area contributed by atoms with Crippen molar-refractivity contribution >= 4 is 28.9 Å². The summed E-state index contributed by atoms with van der Waals surface area (Å²) in [7, 11) is 0. The van der Waals surface area contributed by atoms with Crippen molar-refractivity contribution in [1.29, 1.82) is 0 Å². The number of aryl methyl sites for hydroxylation is 1. The standard InChI is InChI=1S/C21H29NO4.H2/c1-15(2)13-19(24)5-4-6-21(26)22-18-10-7-17(8-11-18)9-12-20(25)14-16(3)23;/h7-8,10-11,15H,4-6,9,12-14H2,1-3H3,(H,22,26);1H. The van der Waals surface area contributed by atoms with Gasteiger partial charge >= 0.3 is 0 Å². The van der Waals surface area contributed by atoms with Gasteiger partial charge in [0, 0.05) is 32.8 Å². The molecule has 0 bridgehead atoms. The molecular weight excluding hydrogens is 330 g/mol. The van der Waals surface area contributed by atoms with Crippen LogP contribution in [-0.4, -0.2) is 23.3 Å². The zero-order chi connectivity index (χ0) is 19.5. The topological polar surface area (TPSA) is 80.3 Å². The molecule has 1 amide bonds. The average Bonchev–Trinajstić information content (AvgIpc) is 2.53. The first-order valence-electron chi connectivity index (χ1n) is 9.18. The van der Waals surface area contributed by atoms with Gasteiger partial charge in [-0.2, -0.15) is 0 Å². The van der Waals surface area contributed by atoms with Gasteiger partial charge in [0.05, 0.1) is 6.42 Å². The van der Waals surface area contributed by atoms with E-state index in [1.807, 2.05) is 26.0 Å². The molecule has 1 aromatic carbocycles. The number of Topliss-reactive ketones (excluding diaryl/α,β-unsaturated/α-hetero) is 3. The lowest BCUT2D eigenvalue weighted by Gasteiger charge is -2.07. The minimum Gasteiger partial charge on any atom is -0.326 e. The Bertz CT molecular complexity index is 638. The van der Waals surface area contributed by atoms with Gasteiger partial charge < -0.3 is 5.32 Å². The van der Waals surface area contributed by atoms with E-state index in [0.717, 1.165) is 5.56 Å². The molecule has 5 nitrogen and oxygen atoms in total. The molecule has 0 saturated carbocycles. The van der Waals surface area contributed by atoms with Gasteiger partial charge in [-0.15, -0.1) is 0 Å². The summed E-state index contributed by atoms with van der Waals surface area (Å²) in [4.78, 5) is 46.0. The zero-order valence-electron chi connectivity index (χ0n) is 16.0. The smallest absolute Gasteiger partial charge is 0.224 e. The van der Waals surface area contributed by atoms with Crippen LogP contribution in [0.2, 0.25) is 0 Å². The second kappa shape index (κ2) is 11.3. The number of hydrogen-bond donors (Lipinski definition) is 1. The molecule has 5 heteroatoms. The van der Waals surface area contributed by atoms with Gasteiger partial charge in [0.2, 0.25) is 5.91 Å². The van der Waals surface area contributed by atoms with Crippen LogP contribution >= 0.6 is 0 Å². The third kappa shape index (κ3) is 9.87. The van der Waals surface area contributed by atoms with Crippen molar-refractivity contribution in [2.45, 2.75) is 65.7 Å². The molecule has 0 aliphatic heterocycles. The van der Waals surface area contributed by atoms with Gasteiger partial charge in [-0.3, -0.25) is 19.2 Å². The molecule has 0 aliphatic carbocycles. The van der Waals surface area contributed by atoms with Crippen molar-refractivity contribution in [3.05, 3.63) is 29.8 Å². The Morgan fingerprint density at radius 2 is 1.62 bits per heavy atom. The summed E-state index contributed by atoms with van der Waals surface area (Å²) in [6.45, 7) is 5.43. The first-order valence-corrected chi connectivity index (χ1v) is 9.18. The van der Waals surface area contributed by atoms with Crippen LogP contribution in [0.25, 0.3) is 0 Å². The predicted octanol–water partition coefficient (Wildman–Crippen LogP) is 4.14. The Labute approximate surface area is 157 Å². The fraction of sp³-hybridized carbons (Fsp3) is 0.524. The maximum atomic E-state index is 11.9. The molecular formula is C21H31NO4. The molecule has 0 aromatic heterocycles. The van der Waals surface area contributed by atoms with Crippen molar-refractivity contribution < 1.29 is 20.6 Å². The second-order valence-electron chi connectivity index (χ2n) is 7.15. The normalized spacial score (nSPS) is 10.6. The number of nitrogens with one attached hydrogen (secondary N) is 1. The minimum absolute atomic E-state index is 0. The molecule has 0 spiro atoms. The van der Waals surface area contributed by atoms with Gasteiger partial charge in [-0.25, -0.2) is 0 Å². The van der Waals surface area contributed by atoms with Crippen LogP contribution in [0.5, 0.6) is 0 Å². The average molecular weight is 361 g/mol. The summed E-state index contributed by atoms with van der Waals surface area (Å²) in [5.74, 6) is 0.289. The highest BCUT2D eigenvalue weighted by molar-refractivity contribution is 5.98. The Hall–Kier alpha value is -2.30. The SMILES string of the molecule is CC(=O)CC(=O)CCc1ccc(NC(=O)CCCC(=O)CC(C)C)cc1.[HH]. The number of anilines is 1. The fourth-order valence-electron chi connectivity index (χ4n) is 2.63. The van der Waals surface area contributed by atoms with Gasteiger partial charge in [-0.05, 0) is 43.4 Å². The number of hydrogen-bond acceptors (Lipinski definition) is 4. The second-order valence-corrected chi connectivity index (χ2v) is 7.15. The number of amides is 1. The number of ketones is 3. The van der Waals surface area contributed by atoms with E-state index in [1.165, 1.54) is 6.92 Å². The molecule has 1 aromatic rings. The van der Waals surface area contributed by atoms with Crippen LogP contribution in [0.3, 0.4) is 0 Å². The highest BCUT2D eigenvalue weighted by atomic mass is 16.2. The van der Waals surface area contributed by atoms with E-state index < -0.39 is 0 Å². The first-order chi connectivity index (χ1) is 12.3. The first kappa shape index (κ1) is 21.7. The molecule has 0 radical (unpaired) electrons. The van der Waals surface area contributed by atoms with Crippen molar-refractivity contribution in [2.75, 3.05) is 5.32 Å². The highest BCUT2D eigenvalue weighted by Gasteiger charge is 2.08. The number of benzene rings is 1. The Morgan fingerprint density at radius 3 is 2.19 bits per heavy atom. The van der Waals surface area contributed by atoms with Crippen molar-refractivity contribution in [3.63, 3.8) is 0 Å². The van der Waals surface area contributed by atoms with E-state index in [0.29, 0.717) is 50.1 Å². The Balaban J connectivity index is 0.00000676. The Kier molecular flexibility index (Phi) is 9.48. The maximum absolute atomic E-state index is 11.9. The van der Waals surface area contributed by atoms with E-state index in [4.69, 9.17) is 0 Å². The van der Waals surface area contributed by atoms with E-state index in [2.05, 4.69) is 5.32 Å². The fourth-order valence-corrected chi connectivity index (χ4v) is 2.63. The summed E-state index contributed by atoms with van der Waals surface area (Å²) < 4.78 is 0.